The minimum atomic E-state index is -0.714. The summed E-state index contributed by atoms with van der Waals surface area (Å²) in [7, 11) is 1.68. The van der Waals surface area contributed by atoms with Gasteiger partial charge in [-0.1, -0.05) is 12.1 Å². The Morgan fingerprint density at radius 3 is 2.42 bits per heavy atom. The summed E-state index contributed by atoms with van der Waals surface area (Å²) in [4.78, 5) is 25.4. The van der Waals surface area contributed by atoms with E-state index in [1.807, 2.05) is 17.0 Å². The molecule has 2 fully saturated rings. The monoisotopic (exact) mass is 360 g/mol. The van der Waals surface area contributed by atoms with Crippen LogP contribution in [0.5, 0.6) is 5.75 Å². The molecule has 1 heterocycles. The van der Waals surface area contributed by atoms with Crippen LogP contribution in [0, 0.1) is 5.92 Å². The highest BCUT2D eigenvalue weighted by Gasteiger charge is 2.29. The van der Waals surface area contributed by atoms with Crippen LogP contribution in [0.4, 0.5) is 4.79 Å². The number of nitrogens with zero attached hydrogens (tertiary/aromatic N) is 1. The van der Waals surface area contributed by atoms with Crippen molar-refractivity contribution in [1.29, 1.82) is 0 Å². The summed E-state index contributed by atoms with van der Waals surface area (Å²) in [5.74, 6) is 0.371. The predicted octanol–water partition coefficient (Wildman–Crippen LogP) is 3.23. The van der Waals surface area contributed by atoms with Gasteiger partial charge in [0.25, 0.3) is 0 Å². The van der Waals surface area contributed by atoms with Crippen molar-refractivity contribution in [2.24, 2.45) is 5.92 Å². The van der Waals surface area contributed by atoms with Crippen molar-refractivity contribution in [3.05, 3.63) is 29.8 Å². The van der Waals surface area contributed by atoms with Gasteiger partial charge in [-0.2, -0.15) is 0 Å². The van der Waals surface area contributed by atoms with Crippen molar-refractivity contribution in [1.82, 2.24) is 10.2 Å². The zero-order chi connectivity index (χ0) is 18.5. The van der Waals surface area contributed by atoms with E-state index in [1.165, 1.54) is 5.56 Å². The van der Waals surface area contributed by atoms with E-state index in [4.69, 9.17) is 9.84 Å². The summed E-state index contributed by atoms with van der Waals surface area (Å²) >= 11 is 0. The molecule has 6 nitrogen and oxygen atoms in total. The minimum Gasteiger partial charge on any atom is -0.497 e. The number of aliphatic carboxylic acids is 1. The van der Waals surface area contributed by atoms with Crippen molar-refractivity contribution in [3.63, 3.8) is 0 Å². The standard InChI is InChI=1S/C20H28N2O4/c1-26-18-4-2-3-16(13-18)14-9-11-22(12-10-14)20(25)21-17-7-5-15(6-8-17)19(23)24/h2-4,13-15,17H,5-12H2,1H3,(H,21,25)(H,23,24). The molecule has 0 radical (unpaired) electrons. The predicted molar refractivity (Wildman–Crippen MR) is 98.5 cm³/mol. The number of ether oxygens (including phenoxy) is 1. The number of rotatable bonds is 4. The second-order valence-corrected chi connectivity index (χ2v) is 7.37. The van der Waals surface area contributed by atoms with E-state index in [-0.39, 0.29) is 18.0 Å². The molecular formula is C20H28N2O4. The molecule has 3 rings (SSSR count). The van der Waals surface area contributed by atoms with Gasteiger partial charge in [0, 0.05) is 19.1 Å². The zero-order valence-corrected chi connectivity index (χ0v) is 15.3. The number of nitrogens with one attached hydrogen (secondary N) is 1. The van der Waals surface area contributed by atoms with Crippen molar-refractivity contribution in [2.75, 3.05) is 20.2 Å². The molecule has 142 valence electrons. The lowest BCUT2D eigenvalue weighted by atomic mass is 9.86. The first-order valence-corrected chi connectivity index (χ1v) is 9.49. The van der Waals surface area contributed by atoms with Crippen LogP contribution in [-0.4, -0.2) is 48.2 Å². The number of hydrogen-bond donors (Lipinski definition) is 2. The largest absolute Gasteiger partial charge is 0.497 e. The van der Waals surface area contributed by atoms with E-state index >= 15 is 0 Å². The Hall–Kier alpha value is -2.24. The first kappa shape index (κ1) is 18.5. The van der Waals surface area contributed by atoms with E-state index in [1.54, 1.807) is 7.11 Å². The van der Waals surface area contributed by atoms with Crippen LogP contribution in [0.15, 0.2) is 24.3 Å². The molecule has 26 heavy (non-hydrogen) atoms. The van der Waals surface area contributed by atoms with E-state index < -0.39 is 5.97 Å². The minimum absolute atomic E-state index is 0.00660. The average molecular weight is 360 g/mol. The lowest BCUT2D eigenvalue weighted by Crippen LogP contribution is -2.48. The van der Waals surface area contributed by atoms with E-state index in [2.05, 4.69) is 17.4 Å². The van der Waals surface area contributed by atoms with Crippen LogP contribution in [0.3, 0.4) is 0 Å². The number of benzene rings is 1. The Balaban J connectivity index is 1.46. The third-order valence-corrected chi connectivity index (χ3v) is 5.75. The number of urea groups is 1. The molecule has 1 aromatic rings. The Labute approximate surface area is 154 Å². The summed E-state index contributed by atoms with van der Waals surface area (Å²) in [5.41, 5.74) is 1.27. The van der Waals surface area contributed by atoms with Gasteiger partial charge in [0.1, 0.15) is 5.75 Å². The summed E-state index contributed by atoms with van der Waals surface area (Å²) < 4.78 is 5.30. The van der Waals surface area contributed by atoms with E-state index in [9.17, 15) is 9.59 Å². The Kier molecular flexibility index (Phi) is 6.01. The lowest BCUT2D eigenvalue weighted by molar-refractivity contribution is -0.142. The molecule has 1 saturated carbocycles. The number of piperidine rings is 1. The number of carbonyl (C=O) groups is 2. The van der Waals surface area contributed by atoms with Crippen molar-refractivity contribution >= 4 is 12.0 Å². The number of hydrogen-bond acceptors (Lipinski definition) is 3. The second-order valence-electron chi connectivity index (χ2n) is 7.37. The fraction of sp³-hybridized carbons (Fsp3) is 0.600. The Morgan fingerprint density at radius 1 is 1.12 bits per heavy atom. The molecule has 6 heteroatoms. The average Bonchev–Trinajstić information content (AvgIpc) is 2.68. The molecular weight excluding hydrogens is 332 g/mol. The molecule has 2 aliphatic rings. The number of methoxy groups -OCH3 is 1. The fourth-order valence-electron chi connectivity index (χ4n) is 4.06. The summed E-state index contributed by atoms with van der Waals surface area (Å²) in [6.45, 7) is 1.50. The molecule has 1 aliphatic heterocycles. The molecule has 0 aromatic heterocycles. The fourth-order valence-corrected chi connectivity index (χ4v) is 4.06. The highest BCUT2D eigenvalue weighted by Crippen LogP contribution is 2.30. The SMILES string of the molecule is COc1cccc(C2CCN(C(=O)NC3CCC(C(=O)O)CC3)CC2)c1. The van der Waals surface area contributed by atoms with Crippen molar-refractivity contribution in [3.8, 4) is 5.75 Å². The number of carboxylic acids is 1. The van der Waals surface area contributed by atoms with Gasteiger partial charge in [0.2, 0.25) is 0 Å². The maximum Gasteiger partial charge on any atom is 0.317 e. The quantitative estimate of drug-likeness (QED) is 0.864. The lowest BCUT2D eigenvalue weighted by Gasteiger charge is -2.34. The number of carboxylic acid groups (broad SMARTS) is 1. The first-order chi connectivity index (χ1) is 12.6. The van der Waals surface area contributed by atoms with Crippen LogP contribution in [-0.2, 0) is 4.79 Å². The number of amides is 2. The van der Waals surface area contributed by atoms with Crippen LogP contribution >= 0.6 is 0 Å². The van der Waals surface area contributed by atoms with E-state index in [0.717, 1.165) is 44.5 Å². The third kappa shape index (κ3) is 4.48. The number of carbonyl (C=O) groups excluding carboxylic acids is 1. The number of likely N-dealkylation sites (tertiary alicyclic amines) is 1. The van der Waals surface area contributed by atoms with Crippen molar-refractivity contribution in [2.45, 2.75) is 50.5 Å². The van der Waals surface area contributed by atoms with Gasteiger partial charge in [-0.15, -0.1) is 0 Å². The van der Waals surface area contributed by atoms with Gasteiger partial charge in [0.15, 0.2) is 0 Å². The van der Waals surface area contributed by atoms with E-state index in [0.29, 0.717) is 18.8 Å². The topological polar surface area (TPSA) is 78.9 Å². The van der Waals surface area contributed by atoms with Crippen LogP contribution in [0.1, 0.15) is 50.0 Å². The highest BCUT2D eigenvalue weighted by molar-refractivity contribution is 5.75. The second kappa shape index (κ2) is 8.43. The molecule has 0 bridgehead atoms. The molecule has 1 aromatic carbocycles. The summed E-state index contributed by atoms with van der Waals surface area (Å²) in [6.07, 6.45) is 4.71. The van der Waals surface area contributed by atoms with Crippen LogP contribution < -0.4 is 10.1 Å². The molecule has 2 N–H and O–H groups in total. The molecule has 0 spiro atoms. The van der Waals surface area contributed by atoms with Gasteiger partial charge in [0.05, 0.1) is 13.0 Å². The summed E-state index contributed by atoms with van der Waals surface area (Å²) in [5, 5.41) is 12.2. The third-order valence-electron chi connectivity index (χ3n) is 5.75. The normalized spacial score (nSPS) is 24.1. The molecule has 0 unspecified atom stereocenters. The van der Waals surface area contributed by atoms with Crippen LogP contribution in [0.2, 0.25) is 0 Å². The maximum atomic E-state index is 12.5. The van der Waals surface area contributed by atoms with Gasteiger partial charge in [-0.3, -0.25) is 4.79 Å². The van der Waals surface area contributed by atoms with Crippen LogP contribution in [0.25, 0.3) is 0 Å². The maximum absolute atomic E-state index is 12.5. The smallest absolute Gasteiger partial charge is 0.317 e. The molecule has 2 amide bonds. The summed E-state index contributed by atoms with van der Waals surface area (Å²) in [6, 6.07) is 8.28. The molecule has 1 saturated heterocycles. The van der Waals surface area contributed by atoms with Gasteiger partial charge in [-0.05, 0) is 62.1 Å². The first-order valence-electron chi connectivity index (χ1n) is 9.49. The Bertz CT molecular complexity index is 632. The molecule has 0 atom stereocenters. The van der Waals surface area contributed by atoms with Crippen molar-refractivity contribution < 1.29 is 19.4 Å². The zero-order valence-electron chi connectivity index (χ0n) is 15.3. The Morgan fingerprint density at radius 2 is 1.81 bits per heavy atom. The highest BCUT2D eigenvalue weighted by atomic mass is 16.5. The van der Waals surface area contributed by atoms with Gasteiger partial charge < -0.3 is 20.1 Å². The van der Waals surface area contributed by atoms with Gasteiger partial charge >= 0.3 is 12.0 Å². The van der Waals surface area contributed by atoms with Gasteiger partial charge in [-0.25, -0.2) is 4.79 Å². The molecule has 1 aliphatic carbocycles.